The number of sulfonamides is 1. The summed E-state index contributed by atoms with van der Waals surface area (Å²) in [5, 5.41) is 5.39. The number of unbranched alkanes of at least 4 members (excludes halogenated alkanes) is 1. The monoisotopic (exact) mass is 341 g/mol. The van der Waals surface area contributed by atoms with E-state index in [0.29, 0.717) is 12.4 Å². The van der Waals surface area contributed by atoms with Crippen LogP contribution in [-0.2, 0) is 15.4 Å². The number of rotatable bonds is 7. The van der Waals surface area contributed by atoms with Gasteiger partial charge >= 0.3 is 0 Å². The molecule has 0 aliphatic carbocycles. The summed E-state index contributed by atoms with van der Waals surface area (Å²) in [6, 6.07) is 5.35. The minimum Gasteiger partial charge on any atom is -0.492 e. The Balaban J connectivity index is 3.23. The van der Waals surface area contributed by atoms with Crippen molar-refractivity contribution in [1.29, 1.82) is 0 Å². The number of benzene rings is 1. The average molecular weight is 342 g/mol. The first kappa shape index (κ1) is 20.0. The summed E-state index contributed by atoms with van der Waals surface area (Å²) < 4.78 is 29.5. The third-order valence-electron chi connectivity index (χ3n) is 3.76. The summed E-state index contributed by atoms with van der Waals surface area (Å²) in [5.41, 5.74) is 0.945. The molecule has 0 atom stereocenters. The molecule has 0 amide bonds. The van der Waals surface area contributed by atoms with Gasteiger partial charge in [0.25, 0.3) is 0 Å². The van der Waals surface area contributed by atoms with Crippen LogP contribution in [-0.4, -0.2) is 15.0 Å². The predicted molar refractivity (Wildman–Crippen MR) is 95.3 cm³/mol. The lowest BCUT2D eigenvalue weighted by Gasteiger charge is -2.33. The zero-order chi connectivity index (χ0) is 17.9. The largest absolute Gasteiger partial charge is 0.492 e. The van der Waals surface area contributed by atoms with E-state index in [2.05, 4.69) is 41.5 Å². The summed E-state index contributed by atoms with van der Waals surface area (Å²) >= 11 is 0. The normalized spacial score (nSPS) is 13.2. The lowest BCUT2D eigenvalue weighted by molar-refractivity contribution is 0.282. The van der Waals surface area contributed by atoms with Crippen molar-refractivity contribution in [2.75, 3.05) is 6.61 Å². The number of hydrogen-bond acceptors (Lipinski definition) is 3. The third-order valence-corrected chi connectivity index (χ3v) is 4.69. The fourth-order valence-electron chi connectivity index (χ4n) is 3.02. The van der Waals surface area contributed by atoms with Crippen molar-refractivity contribution in [3.05, 3.63) is 23.8 Å². The van der Waals surface area contributed by atoms with Crippen LogP contribution in [0.1, 0.15) is 66.4 Å². The zero-order valence-corrected chi connectivity index (χ0v) is 16.1. The molecule has 1 aromatic rings. The van der Waals surface area contributed by atoms with Gasteiger partial charge in [0.05, 0.1) is 6.61 Å². The molecule has 1 rings (SSSR count). The van der Waals surface area contributed by atoms with Crippen molar-refractivity contribution in [2.24, 2.45) is 10.6 Å². The van der Waals surface area contributed by atoms with Gasteiger partial charge in [0.1, 0.15) is 10.6 Å². The van der Waals surface area contributed by atoms with E-state index in [1.54, 1.807) is 12.1 Å². The van der Waals surface area contributed by atoms with Crippen LogP contribution < -0.4 is 9.88 Å². The Labute approximate surface area is 141 Å². The highest BCUT2D eigenvalue weighted by molar-refractivity contribution is 7.89. The molecule has 0 saturated carbocycles. The van der Waals surface area contributed by atoms with Gasteiger partial charge < -0.3 is 4.74 Å². The molecule has 5 heteroatoms. The Morgan fingerprint density at radius 2 is 1.74 bits per heavy atom. The van der Waals surface area contributed by atoms with Crippen molar-refractivity contribution >= 4 is 10.0 Å². The molecule has 0 fully saturated rings. The van der Waals surface area contributed by atoms with E-state index in [1.807, 2.05) is 6.07 Å². The van der Waals surface area contributed by atoms with Crippen molar-refractivity contribution in [2.45, 2.75) is 71.1 Å². The number of hydrogen-bond donors (Lipinski definition) is 1. The van der Waals surface area contributed by atoms with Gasteiger partial charge in [0.15, 0.2) is 0 Å². The van der Waals surface area contributed by atoms with Crippen LogP contribution in [0.4, 0.5) is 0 Å². The predicted octanol–water partition coefficient (Wildman–Crippen LogP) is 4.23. The van der Waals surface area contributed by atoms with E-state index in [4.69, 9.17) is 9.88 Å². The van der Waals surface area contributed by atoms with Gasteiger partial charge in [0.2, 0.25) is 10.0 Å². The Kier molecular flexibility index (Phi) is 6.27. The second kappa shape index (κ2) is 7.22. The van der Waals surface area contributed by atoms with Crippen LogP contribution in [0.5, 0.6) is 5.75 Å². The molecule has 0 bridgehead atoms. The van der Waals surface area contributed by atoms with E-state index in [9.17, 15) is 8.42 Å². The van der Waals surface area contributed by atoms with Gasteiger partial charge in [-0.05, 0) is 41.4 Å². The number of primary sulfonamides is 1. The van der Waals surface area contributed by atoms with Gasteiger partial charge in [-0.2, -0.15) is 0 Å². The summed E-state index contributed by atoms with van der Waals surface area (Å²) in [6.07, 6.45) is 2.79. The fraction of sp³-hybridized carbons (Fsp3) is 0.667. The highest BCUT2D eigenvalue weighted by Crippen LogP contribution is 2.38. The SMILES string of the molecule is CCCCOc1ccc(C(C)(C)CC(C)(C)C)cc1S(N)(=O)=O. The van der Waals surface area contributed by atoms with E-state index < -0.39 is 10.0 Å². The van der Waals surface area contributed by atoms with Gasteiger partial charge in [-0.1, -0.05) is 54.0 Å². The highest BCUT2D eigenvalue weighted by Gasteiger charge is 2.29. The third kappa shape index (κ3) is 6.15. The maximum absolute atomic E-state index is 11.9. The van der Waals surface area contributed by atoms with Crippen molar-refractivity contribution in [3.63, 3.8) is 0 Å². The van der Waals surface area contributed by atoms with E-state index in [1.165, 1.54) is 0 Å². The topological polar surface area (TPSA) is 69.4 Å². The molecular weight excluding hydrogens is 310 g/mol. The maximum Gasteiger partial charge on any atom is 0.241 e. The van der Waals surface area contributed by atoms with Crippen LogP contribution in [0, 0.1) is 5.41 Å². The molecule has 0 saturated heterocycles. The highest BCUT2D eigenvalue weighted by atomic mass is 32.2. The molecular formula is C18H31NO3S. The summed E-state index contributed by atoms with van der Waals surface area (Å²) in [5.74, 6) is 0.344. The average Bonchev–Trinajstić information content (AvgIpc) is 2.35. The van der Waals surface area contributed by atoms with Crippen molar-refractivity contribution in [3.8, 4) is 5.75 Å². The minimum atomic E-state index is -3.82. The lowest BCUT2D eigenvalue weighted by atomic mass is 9.72. The molecule has 2 N–H and O–H groups in total. The molecule has 132 valence electrons. The molecule has 0 radical (unpaired) electrons. The first-order valence-corrected chi connectivity index (χ1v) is 9.71. The molecule has 0 unspecified atom stereocenters. The van der Waals surface area contributed by atoms with E-state index in [0.717, 1.165) is 24.8 Å². The van der Waals surface area contributed by atoms with Crippen LogP contribution in [0.2, 0.25) is 0 Å². The second-order valence-corrected chi connectivity index (χ2v) is 9.56. The maximum atomic E-state index is 11.9. The Bertz CT molecular complexity index is 628. The van der Waals surface area contributed by atoms with Gasteiger partial charge in [-0.3, -0.25) is 0 Å². The molecule has 0 aromatic heterocycles. The molecule has 0 aliphatic rings. The van der Waals surface area contributed by atoms with Crippen LogP contribution in [0.25, 0.3) is 0 Å². The smallest absolute Gasteiger partial charge is 0.241 e. The Morgan fingerprint density at radius 1 is 1.13 bits per heavy atom. The quantitative estimate of drug-likeness (QED) is 0.755. The van der Waals surface area contributed by atoms with E-state index in [-0.39, 0.29) is 15.7 Å². The first-order chi connectivity index (χ1) is 10.4. The van der Waals surface area contributed by atoms with Gasteiger partial charge in [-0.25, -0.2) is 13.6 Å². The van der Waals surface area contributed by atoms with Crippen LogP contribution in [0.3, 0.4) is 0 Å². The second-order valence-electron chi connectivity index (χ2n) is 8.03. The van der Waals surface area contributed by atoms with Gasteiger partial charge in [0, 0.05) is 0 Å². The Hall–Kier alpha value is -1.07. The molecule has 1 aromatic carbocycles. The van der Waals surface area contributed by atoms with Crippen LogP contribution in [0.15, 0.2) is 23.1 Å². The zero-order valence-electron chi connectivity index (χ0n) is 15.3. The summed E-state index contributed by atoms with van der Waals surface area (Å²) in [6.45, 7) is 13.3. The lowest BCUT2D eigenvalue weighted by Crippen LogP contribution is -2.25. The van der Waals surface area contributed by atoms with Crippen molar-refractivity contribution < 1.29 is 13.2 Å². The Morgan fingerprint density at radius 3 is 2.22 bits per heavy atom. The molecule has 0 heterocycles. The number of nitrogens with two attached hydrogens (primary N) is 1. The fourth-order valence-corrected chi connectivity index (χ4v) is 3.72. The molecule has 23 heavy (non-hydrogen) atoms. The molecule has 0 spiro atoms. The van der Waals surface area contributed by atoms with Gasteiger partial charge in [-0.15, -0.1) is 0 Å². The van der Waals surface area contributed by atoms with Crippen LogP contribution >= 0.6 is 0 Å². The summed E-state index contributed by atoms with van der Waals surface area (Å²) in [7, 11) is -3.82. The molecule has 4 nitrogen and oxygen atoms in total. The minimum absolute atomic E-state index is 0.0769. The first-order valence-electron chi connectivity index (χ1n) is 8.17. The van der Waals surface area contributed by atoms with E-state index >= 15 is 0 Å². The summed E-state index contributed by atoms with van der Waals surface area (Å²) in [4.78, 5) is 0.0769. The van der Waals surface area contributed by atoms with Crippen molar-refractivity contribution in [1.82, 2.24) is 0 Å². The molecule has 0 aliphatic heterocycles. The number of ether oxygens (including phenoxy) is 1. The standard InChI is InChI=1S/C18H31NO3S/c1-7-8-11-22-15-10-9-14(12-16(15)23(19,20)21)18(5,6)13-17(2,3)4/h9-10,12H,7-8,11,13H2,1-6H3,(H2,19,20,21).